The molecule has 0 heterocycles. The summed E-state index contributed by atoms with van der Waals surface area (Å²) in [4.78, 5) is 36.3. The Morgan fingerprint density at radius 3 is 1.93 bits per heavy atom. The van der Waals surface area contributed by atoms with Gasteiger partial charge >= 0.3 is 0 Å². The maximum absolute atomic E-state index is 12.5. The summed E-state index contributed by atoms with van der Waals surface area (Å²) in [5, 5.41) is 8.29. The van der Waals surface area contributed by atoms with Gasteiger partial charge in [-0.15, -0.1) is 0 Å². The second-order valence-corrected chi connectivity index (χ2v) is 9.34. The lowest BCUT2D eigenvalue weighted by atomic mass is 9.49. The van der Waals surface area contributed by atoms with Crippen molar-refractivity contribution in [3.05, 3.63) is 35.9 Å². The van der Waals surface area contributed by atoms with Crippen molar-refractivity contribution in [2.24, 2.45) is 23.2 Å². The zero-order valence-corrected chi connectivity index (χ0v) is 16.9. The minimum Gasteiger partial charge on any atom is -0.354 e. The van der Waals surface area contributed by atoms with E-state index in [0.717, 1.165) is 17.8 Å². The lowest BCUT2D eigenvalue weighted by Crippen LogP contribution is -2.48. The monoisotopic (exact) mass is 397 g/mol. The molecule has 0 spiro atoms. The normalized spacial score (nSPS) is 29.3. The Morgan fingerprint density at radius 1 is 0.793 bits per heavy atom. The van der Waals surface area contributed by atoms with Crippen molar-refractivity contribution in [3.8, 4) is 0 Å². The van der Waals surface area contributed by atoms with Crippen LogP contribution in [0.25, 0.3) is 0 Å². The molecule has 4 bridgehead atoms. The van der Waals surface area contributed by atoms with Gasteiger partial charge in [-0.1, -0.05) is 18.2 Å². The van der Waals surface area contributed by atoms with Crippen LogP contribution in [0.2, 0.25) is 0 Å². The minimum absolute atomic E-state index is 0.0745. The van der Waals surface area contributed by atoms with Crippen molar-refractivity contribution in [2.45, 2.75) is 44.9 Å². The van der Waals surface area contributed by atoms with Gasteiger partial charge in [0.15, 0.2) is 0 Å². The first-order chi connectivity index (χ1) is 14.0. The Morgan fingerprint density at radius 2 is 1.34 bits per heavy atom. The molecular weight excluding hydrogens is 366 g/mol. The molecule has 1 aromatic rings. The molecule has 4 fully saturated rings. The smallest absolute Gasteiger partial charge is 0.251 e. The highest BCUT2D eigenvalue weighted by Gasteiger charge is 2.51. The standard InChI is InChI=1S/C23H31N3O3/c27-20(14-23-11-16-8-17(12-23)10-18(9-16)13-23)24-6-7-25-21(28)15-26-22(29)19-4-2-1-3-5-19/h1-5,16-18H,6-15H2,(H,24,27)(H,25,28)(H,26,29). The Kier molecular flexibility index (Phi) is 5.88. The summed E-state index contributed by atoms with van der Waals surface area (Å²) in [5.41, 5.74) is 0.765. The van der Waals surface area contributed by atoms with Gasteiger partial charge in [0, 0.05) is 25.1 Å². The number of amides is 3. The van der Waals surface area contributed by atoms with Crippen molar-refractivity contribution >= 4 is 17.7 Å². The van der Waals surface area contributed by atoms with Crippen molar-refractivity contribution in [1.82, 2.24) is 16.0 Å². The number of carbonyl (C=O) groups excluding carboxylic acids is 3. The number of benzene rings is 1. The van der Waals surface area contributed by atoms with Gasteiger partial charge in [0.05, 0.1) is 6.54 Å². The van der Waals surface area contributed by atoms with Gasteiger partial charge in [-0.25, -0.2) is 0 Å². The average molecular weight is 398 g/mol. The quantitative estimate of drug-likeness (QED) is 0.588. The van der Waals surface area contributed by atoms with E-state index >= 15 is 0 Å². The summed E-state index contributed by atoms with van der Waals surface area (Å²) in [6, 6.07) is 8.79. The number of rotatable bonds is 8. The van der Waals surface area contributed by atoms with Gasteiger partial charge in [-0.3, -0.25) is 14.4 Å². The number of hydrogen-bond donors (Lipinski definition) is 3. The molecule has 0 aromatic heterocycles. The third-order valence-electron chi connectivity index (χ3n) is 6.92. The highest BCUT2D eigenvalue weighted by atomic mass is 16.2. The van der Waals surface area contributed by atoms with Crippen molar-refractivity contribution in [1.29, 1.82) is 0 Å². The Labute approximate surface area is 172 Å². The Balaban J connectivity index is 1.11. The van der Waals surface area contributed by atoms with Crippen LogP contribution < -0.4 is 16.0 Å². The fourth-order valence-corrected chi connectivity index (χ4v) is 6.23. The van der Waals surface area contributed by atoms with Crippen molar-refractivity contribution in [2.75, 3.05) is 19.6 Å². The van der Waals surface area contributed by atoms with E-state index in [1.54, 1.807) is 24.3 Å². The molecule has 0 aliphatic heterocycles. The second-order valence-electron chi connectivity index (χ2n) is 9.34. The Bertz CT molecular complexity index is 727. The average Bonchev–Trinajstić information content (AvgIpc) is 2.68. The summed E-state index contributed by atoms with van der Waals surface area (Å²) in [5.74, 6) is 2.12. The first-order valence-corrected chi connectivity index (χ1v) is 10.9. The molecule has 4 aliphatic carbocycles. The third kappa shape index (κ3) is 4.98. The van der Waals surface area contributed by atoms with Gasteiger partial charge in [0.1, 0.15) is 0 Å². The summed E-state index contributed by atoms with van der Waals surface area (Å²) in [6.07, 6.45) is 8.46. The zero-order valence-electron chi connectivity index (χ0n) is 16.9. The summed E-state index contributed by atoms with van der Waals surface area (Å²) < 4.78 is 0. The molecule has 4 saturated carbocycles. The van der Waals surface area contributed by atoms with Gasteiger partial charge in [0.2, 0.25) is 11.8 Å². The van der Waals surface area contributed by atoms with Crippen molar-refractivity contribution < 1.29 is 14.4 Å². The van der Waals surface area contributed by atoms with Crippen LogP contribution >= 0.6 is 0 Å². The van der Waals surface area contributed by atoms with Gasteiger partial charge < -0.3 is 16.0 Å². The molecule has 1 aromatic carbocycles. The van der Waals surface area contributed by atoms with E-state index in [0.29, 0.717) is 25.1 Å². The molecule has 3 N–H and O–H groups in total. The zero-order chi connectivity index (χ0) is 20.3. The molecule has 6 nitrogen and oxygen atoms in total. The van der Waals surface area contributed by atoms with Crippen LogP contribution in [0.3, 0.4) is 0 Å². The lowest BCUT2D eigenvalue weighted by molar-refractivity contribution is -0.129. The SMILES string of the molecule is O=C(CNC(=O)c1ccccc1)NCCNC(=O)CC12CC3CC(CC(C3)C1)C2. The van der Waals surface area contributed by atoms with E-state index in [4.69, 9.17) is 0 Å². The number of nitrogens with one attached hydrogen (secondary N) is 3. The second kappa shape index (κ2) is 8.56. The number of carbonyl (C=O) groups is 3. The molecule has 5 rings (SSSR count). The molecule has 0 atom stereocenters. The van der Waals surface area contributed by atoms with Gasteiger partial charge in [-0.2, -0.15) is 0 Å². The predicted octanol–water partition coefficient (Wildman–Crippen LogP) is 2.26. The van der Waals surface area contributed by atoms with E-state index in [2.05, 4.69) is 16.0 Å². The van der Waals surface area contributed by atoms with E-state index < -0.39 is 0 Å². The molecule has 3 amide bonds. The summed E-state index contributed by atoms with van der Waals surface area (Å²) >= 11 is 0. The summed E-state index contributed by atoms with van der Waals surface area (Å²) in [7, 11) is 0. The Hall–Kier alpha value is -2.37. The van der Waals surface area contributed by atoms with E-state index in [-0.39, 0.29) is 29.7 Å². The molecule has 0 radical (unpaired) electrons. The number of hydrogen-bond acceptors (Lipinski definition) is 3. The summed E-state index contributed by atoms with van der Waals surface area (Å²) in [6.45, 7) is 0.713. The predicted molar refractivity (Wildman–Crippen MR) is 110 cm³/mol. The first-order valence-electron chi connectivity index (χ1n) is 10.9. The van der Waals surface area contributed by atoms with Crippen LogP contribution in [0.5, 0.6) is 0 Å². The fraction of sp³-hybridized carbons (Fsp3) is 0.609. The lowest BCUT2D eigenvalue weighted by Gasteiger charge is -2.56. The minimum atomic E-state index is -0.273. The molecule has 6 heteroatoms. The maximum Gasteiger partial charge on any atom is 0.251 e. The van der Waals surface area contributed by atoms with Crippen LogP contribution in [-0.2, 0) is 9.59 Å². The van der Waals surface area contributed by atoms with E-state index in [1.807, 2.05) is 6.07 Å². The van der Waals surface area contributed by atoms with Crippen LogP contribution in [0.4, 0.5) is 0 Å². The molecule has 4 aliphatic rings. The largest absolute Gasteiger partial charge is 0.354 e. The van der Waals surface area contributed by atoms with Crippen LogP contribution in [-0.4, -0.2) is 37.4 Å². The highest BCUT2D eigenvalue weighted by molar-refractivity contribution is 5.96. The molecule has 29 heavy (non-hydrogen) atoms. The van der Waals surface area contributed by atoms with Crippen LogP contribution in [0.1, 0.15) is 55.3 Å². The van der Waals surface area contributed by atoms with E-state index in [9.17, 15) is 14.4 Å². The molecule has 0 unspecified atom stereocenters. The fourth-order valence-electron chi connectivity index (χ4n) is 6.23. The highest BCUT2D eigenvalue weighted by Crippen LogP contribution is 2.61. The van der Waals surface area contributed by atoms with Crippen LogP contribution in [0, 0.1) is 23.2 Å². The van der Waals surface area contributed by atoms with Crippen molar-refractivity contribution in [3.63, 3.8) is 0 Å². The first kappa shape index (κ1) is 19.9. The topological polar surface area (TPSA) is 87.3 Å². The van der Waals surface area contributed by atoms with E-state index in [1.165, 1.54) is 38.5 Å². The van der Waals surface area contributed by atoms with Gasteiger partial charge in [-0.05, 0) is 73.8 Å². The third-order valence-corrected chi connectivity index (χ3v) is 6.92. The molecule has 0 saturated heterocycles. The van der Waals surface area contributed by atoms with Crippen LogP contribution in [0.15, 0.2) is 30.3 Å². The molecular formula is C23H31N3O3. The molecule has 156 valence electrons. The maximum atomic E-state index is 12.5. The van der Waals surface area contributed by atoms with Gasteiger partial charge in [0.25, 0.3) is 5.91 Å².